The van der Waals surface area contributed by atoms with Crippen LogP contribution in [0.3, 0.4) is 0 Å². The minimum absolute atomic E-state index is 0.0252. The average Bonchev–Trinajstić information content (AvgIpc) is 3.50. The molecule has 1 aliphatic heterocycles. The second-order valence-electron chi connectivity index (χ2n) is 8.18. The van der Waals surface area contributed by atoms with Crippen molar-refractivity contribution in [1.82, 2.24) is 14.8 Å². The van der Waals surface area contributed by atoms with E-state index in [-0.39, 0.29) is 23.5 Å². The molecular weight excluding hydrogens is 480 g/mol. The summed E-state index contributed by atoms with van der Waals surface area (Å²) in [5.41, 5.74) is 3.64. The number of pyridine rings is 1. The van der Waals surface area contributed by atoms with E-state index in [0.29, 0.717) is 45.1 Å². The number of halogens is 1. The molecule has 0 saturated carbocycles. The van der Waals surface area contributed by atoms with E-state index in [1.165, 1.54) is 11.3 Å². The van der Waals surface area contributed by atoms with Crippen LogP contribution in [-0.4, -0.2) is 40.6 Å². The molecule has 10 heteroatoms. The van der Waals surface area contributed by atoms with Gasteiger partial charge in [0.15, 0.2) is 15.5 Å². The smallest absolute Gasteiger partial charge is 0.256 e. The first-order valence-electron chi connectivity index (χ1n) is 10.4. The van der Waals surface area contributed by atoms with E-state index >= 15 is 0 Å². The first-order chi connectivity index (χ1) is 15.7. The Labute approximate surface area is 200 Å². The largest absolute Gasteiger partial charge is 0.322 e. The zero-order chi connectivity index (χ0) is 23.3. The maximum Gasteiger partial charge on any atom is 0.256 e. The summed E-state index contributed by atoms with van der Waals surface area (Å²) >= 11 is 7.75. The van der Waals surface area contributed by atoms with Crippen molar-refractivity contribution in [3.8, 4) is 10.6 Å². The zero-order valence-electron chi connectivity index (χ0n) is 18.0. The van der Waals surface area contributed by atoms with Crippen molar-refractivity contribution in [3.05, 3.63) is 63.6 Å². The van der Waals surface area contributed by atoms with Crippen LogP contribution >= 0.6 is 22.9 Å². The van der Waals surface area contributed by atoms with Gasteiger partial charge in [0.2, 0.25) is 0 Å². The van der Waals surface area contributed by atoms with Crippen molar-refractivity contribution in [2.24, 2.45) is 0 Å². The Bertz CT molecular complexity index is 1490. The molecule has 1 atom stereocenters. The first-order valence-corrected chi connectivity index (χ1v) is 13.5. The van der Waals surface area contributed by atoms with Gasteiger partial charge in [-0.05, 0) is 55.5 Å². The number of fused-ring (bicyclic) bond motifs is 1. The van der Waals surface area contributed by atoms with Crippen molar-refractivity contribution >= 4 is 55.4 Å². The highest BCUT2D eigenvalue weighted by molar-refractivity contribution is 7.91. The van der Waals surface area contributed by atoms with Gasteiger partial charge < -0.3 is 5.32 Å². The fourth-order valence-corrected chi connectivity index (χ4v) is 6.75. The molecule has 1 fully saturated rings. The molecule has 0 spiro atoms. The molecule has 7 nitrogen and oxygen atoms in total. The topological polar surface area (TPSA) is 93.9 Å². The van der Waals surface area contributed by atoms with Crippen LogP contribution in [0.2, 0.25) is 5.02 Å². The highest BCUT2D eigenvalue weighted by Gasteiger charge is 2.32. The van der Waals surface area contributed by atoms with Crippen molar-refractivity contribution in [2.75, 3.05) is 16.8 Å². The molecule has 0 bridgehead atoms. The maximum absolute atomic E-state index is 13.5. The number of benzene rings is 1. The zero-order valence-corrected chi connectivity index (χ0v) is 20.4. The molecule has 3 aromatic heterocycles. The van der Waals surface area contributed by atoms with Crippen LogP contribution in [0.25, 0.3) is 21.6 Å². The molecule has 0 aliphatic carbocycles. The van der Waals surface area contributed by atoms with Crippen LogP contribution in [0.1, 0.15) is 34.1 Å². The van der Waals surface area contributed by atoms with Crippen LogP contribution in [0.5, 0.6) is 0 Å². The molecular formula is C23H21ClN4O3S2. The standard InChI is InChI=1S/C23H21ClN4O3S2/c1-13-17(24)5-3-6-18(13)26-23(29)16-11-19(20-7-4-9-32-20)25-22-21(16)14(2)27-28(22)15-8-10-33(30,31)12-15/h3-7,9,11,15H,8,10,12H2,1-2H3,(H,26,29). The lowest BCUT2D eigenvalue weighted by Gasteiger charge is -2.13. The summed E-state index contributed by atoms with van der Waals surface area (Å²) in [5.74, 6) is -0.145. The summed E-state index contributed by atoms with van der Waals surface area (Å²) < 4.78 is 25.9. The minimum atomic E-state index is -3.11. The molecule has 5 rings (SSSR count). The van der Waals surface area contributed by atoms with Crippen LogP contribution in [0.4, 0.5) is 5.69 Å². The Balaban J connectivity index is 1.67. The van der Waals surface area contributed by atoms with Gasteiger partial charge in [-0.1, -0.05) is 23.7 Å². The number of aromatic nitrogens is 3. The SMILES string of the molecule is Cc1c(Cl)cccc1NC(=O)c1cc(-c2cccs2)nc2c1c(C)nn2C1CCS(=O)(=O)C1. The number of anilines is 1. The van der Waals surface area contributed by atoms with Gasteiger partial charge >= 0.3 is 0 Å². The van der Waals surface area contributed by atoms with Crippen LogP contribution < -0.4 is 5.32 Å². The molecule has 4 aromatic rings. The van der Waals surface area contributed by atoms with Gasteiger partial charge in [0.1, 0.15) is 0 Å². The fraction of sp³-hybridized carbons (Fsp3) is 0.261. The Kier molecular flexibility index (Phi) is 5.50. The molecule has 33 heavy (non-hydrogen) atoms. The highest BCUT2D eigenvalue weighted by Crippen LogP contribution is 2.34. The summed E-state index contributed by atoms with van der Waals surface area (Å²) in [7, 11) is -3.11. The second kappa shape index (κ2) is 8.23. The van der Waals surface area contributed by atoms with E-state index < -0.39 is 9.84 Å². The third-order valence-electron chi connectivity index (χ3n) is 5.93. The maximum atomic E-state index is 13.5. The summed E-state index contributed by atoms with van der Waals surface area (Å²) in [6, 6.07) is 10.7. The lowest BCUT2D eigenvalue weighted by molar-refractivity contribution is 0.102. The number of amides is 1. The molecule has 1 N–H and O–H groups in total. The third kappa shape index (κ3) is 4.05. The van der Waals surface area contributed by atoms with Crippen molar-refractivity contribution < 1.29 is 13.2 Å². The normalized spacial score (nSPS) is 17.5. The van der Waals surface area contributed by atoms with E-state index in [4.69, 9.17) is 16.6 Å². The number of aryl methyl sites for hydroxylation is 1. The molecule has 1 amide bonds. The average molecular weight is 501 g/mol. The Morgan fingerprint density at radius 1 is 1.24 bits per heavy atom. The van der Waals surface area contributed by atoms with Gasteiger partial charge in [0.25, 0.3) is 5.91 Å². The number of thiophene rings is 1. The van der Waals surface area contributed by atoms with Crippen molar-refractivity contribution in [1.29, 1.82) is 0 Å². The Morgan fingerprint density at radius 3 is 2.76 bits per heavy atom. The highest BCUT2D eigenvalue weighted by atomic mass is 35.5. The number of nitrogens with zero attached hydrogens (tertiary/aromatic N) is 3. The van der Waals surface area contributed by atoms with Crippen molar-refractivity contribution in [2.45, 2.75) is 26.3 Å². The molecule has 1 aliphatic rings. The number of rotatable bonds is 4. The first kappa shape index (κ1) is 22.1. The van der Waals surface area contributed by atoms with Gasteiger partial charge in [-0.15, -0.1) is 11.3 Å². The summed E-state index contributed by atoms with van der Waals surface area (Å²) in [6.45, 7) is 3.66. The van der Waals surface area contributed by atoms with E-state index in [2.05, 4.69) is 10.4 Å². The minimum Gasteiger partial charge on any atom is -0.322 e. The van der Waals surface area contributed by atoms with Crippen LogP contribution in [0.15, 0.2) is 41.8 Å². The van der Waals surface area contributed by atoms with Crippen LogP contribution in [0, 0.1) is 13.8 Å². The number of nitrogens with one attached hydrogen (secondary N) is 1. The molecule has 170 valence electrons. The fourth-order valence-electron chi connectivity index (χ4n) is 4.20. The van der Waals surface area contributed by atoms with Gasteiger partial charge in [-0.25, -0.2) is 18.1 Å². The number of carbonyl (C=O) groups is 1. The second-order valence-corrected chi connectivity index (χ2v) is 11.8. The summed E-state index contributed by atoms with van der Waals surface area (Å²) in [4.78, 5) is 19.2. The Hall–Kier alpha value is -2.75. The van der Waals surface area contributed by atoms with Crippen LogP contribution in [-0.2, 0) is 9.84 Å². The monoisotopic (exact) mass is 500 g/mol. The molecule has 1 saturated heterocycles. The summed E-state index contributed by atoms with van der Waals surface area (Å²) in [5, 5.41) is 10.7. The van der Waals surface area contributed by atoms with E-state index in [9.17, 15) is 13.2 Å². The third-order valence-corrected chi connectivity index (χ3v) is 8.98. The van der Waals surface area contributed by atoms with Crippen molar-refractivity contribution in [3.63, 3.8) is 0 Å². The van der Waals surface area contributed by atoms with Gasteiger partial charge in [0.05, 0.1) is 44.8 Å². The Morgan fingerprint density at radius 2 is 2.06 bits per heavy atom. The molecule has 4 heterocycles. The number of sulfone groups is 1. The summed E-state index contributed by atoms with van der Waals surface area (Å²) in [6.07, 6.45) is 0.479. The predicted molar refractivity (Wildman–Crippen MR) is 132 cm³/mol. The lowest BCUT2D eigenvalue weighted by Crippen LogP contribution is -2.15. The van der Waals surface area contributed by atoms with E-state index in [0.717, 1.165) is 10.4 Å². The van der Waals surface area contributed by atoms with E-state index in [1.54, 1.807) is 28.9 Å². The molecule has 0 radical (unpaired) electrons. The molecule has 1 aromatic carbocycles. The lowest BCUT2D eigenvalue weighted by atomic mass is 10.1. The van der Waals surface area contributed by atoms with Gasteiger partial charge in [0, 0.05) is 10.7 Å². The number of hydrogen-bond acceptors (Lipinski definition) is 6. The molecule has 1 unspecified atom stereocenters. The predicted octanol–water partition coefficient (Wildman–Crippen LogP) is 5.04. The van der Waals surface area contributed by atoms with Gasteiger partial charge in [-0.2, -0.15) is 5.10 Å². The van der Waals surface area contributed by atoms with E-state index in [1.807, 2.05) is 31.4 Å². The quantitative estimate of drug-likeness (QED) is 0.423. The number of hydrogen-bond donors (Lipinski definition) is 1. The number of carbonyl (C=O) groups excluding carboxylic acids is 1. The van der Waals surface area contributed by atoms with Gasteiger partial charge in [-0.3, -0.25) is 4.79 Å².